The van der Waals surface area contributed by atoms with Crippen LogP contribution in [0.15, 0.2) is 36.5 Å². The first-order valence-electron chi connectivity index (χ1n) is 7.15. The van der Waals surface area contributed by atoms with Crippen LogP contribution in [0.4, 0.5) is 0 Å². The molecule has 0 aliphatic carbocycles. The van der Waals surface area contributed by atoms with Crippen LogP contribution in [0.3, 0.4) is 0 Å². The lowest BCUT2D eigenvalue weighted by Gasteiger charge is -2.34. The van der Waals surface area contributed by atoms with Crippen molar-refractivity contribution < 1.29 is 9.59 Å². The summed E-state index contributed by atoms with van der Waals surface area (Å²) in [6, 6.07) is 8.82. The molecule has 0 saturated carbocycles. The highest BCUT2D eigenvalue weighted by Gasteiger charge is 2.32. The highest BCUT2D eigenvalue weighted by Crippen LogP contribution is 2.20. The van der Waals surface area contributed by atoms with Crippen molar-refractivity contribution in [3.63, 3.8) is 0 Å². The summed E-state index contributed by atoms with van der Waals surface area (Å²) >= 11 is 0. The number of benzene rings is 1. The number of aromatic nitrogens is 1. The minimum atomic E-state index is -0.391. The van der Waals surface area contributed by atoms with Crippen molar-refractivity contribution >= 4 is 22.7 Å². The SMILES string of the molecule is CCC1C(=O)NCCN1C(=O)c1cccc2ncccc12. The maximum atomic E-state index is 12.8. The van der Waals surface area contributed by atoms with Gasteiger partial charge < -0.3 is 10.2 Å². The molecule has 0 spiro atoms. The van der Waals surface area contributed by atoms with Crippen LogP contribution in [0.5, 0.6) is 0 Å². The Bertz CT molecular complexity index is 693. The Labute approximate surface area is 123 Å². The number of carbonyl (C=O) groups excluding carboxylic acids is 2. The second-order valence-corrected chi connectivity index (χ2v) is 5.09. The molecule has 2 aromatic rings. The van der Waals surface area contributed by atoms with Gasteiger partial charge in [0, 0.05) is 30.2 Å². The molecule has 1 aliphatic heterocycles. The second-order valence-electron chi connectivity index (χ2n) is 5.09. The van der Waals surface area contributed by atoms with Gasteiger partial charge in [-0.15, -0.1) is 0 Å². The van der Waals surface area contributed by atoms with Gasteiger partial charge in [0.05, 0.1) is 5.52 Å². The van der Waals surface area contributed by atoms with E-state index in [4.69, 9.17) is 0 Å². The number of amides is 2. The van der Waals surface area contributed by atoms with Crippen LogP contribution in [-0.2, 0) is 4.79 Å². The van der Waals surface area contributed by atoms with Gasteiger partial charge in [-0.2, -0.15) is 0 Å². The molecule has 1 atom stereocenters. The molecule has 0 radical (unpaired) electrons. The van der Waals surface area contributed by atoms with E-state index >= 15 is 0 Å². The first kappa shape index (κ1) is 13.5. The number of rotatable bonds is 2. The van der Waals surface area contributed by atoms with E-state index in [1.165, 1.54) is 0 Å². The predicted octanol–water partition coefficient (Wildman–Crippen LogP) is 1.59. The third kappa shape index (κ3) is 2.35. The smallest absolute Gasteiger partial charge is 0.255 e. The molecule has 3 rings (SSSR count). The van der Waals surface area contributed by atoms with Crippen molar-refractivity contribution in [3.05, 3.63) is 42.1 Å². The summed E-state index contributed by atoms with van der Waals surface area (Å²) in [7, 11) is 0. The Kier molecular flexibility index (Phi) is 3.56. The van der Waals surface area contributed by atoms with Gasteiger partial charge in [-0.05, 0) is 24.6 Å². The van der Waals surface area contributed by atoms with E-state index in [0.29, 0.717) is 25.1 Å². The summed E-state index contributed by atoms with van der Waals surface area (Å²) in [6.45, 7) is 2.96. The molecule has 5 nitrogen and oxygen atoms in total. The molecule has 1 fully saturated rings. The van der Waals surface area contributed by atoms with Crippen LogP contribution in [0.1, 0.15) is 23.7 Å². The summed E-state index contributed by atoms with van der Waals surface area (Å²) in [5.74, 6) is -0.175. The van der Waals surface area contributed by atoms with Crippen molar-refractivity contribution in [2.45, 2.75) is 19.4 Å². The minimum absolute atomic E-state index is 0.0736. The molecule has 0 bridgehead atoms. The standard InChI is InChI=1S/C16H17N3O2/c1-2-14-15(20)18-9-10-19(14)16(21)12-5-3-7-13-11(12)6-4-8-17-13/h3-8,14H,2,9-10H2,1H3,(H,18,20). The number of piperazine rings is 1. The summed E-state index contributed by atoms with van der Waals surface area (Å²) in [5, 5.41) is 3.64. The number of nitrogens with zero attached hydrogens (tertiary/aromatic N) is 2. The molecule has 1 unspecified atom stereocenters. The lowest BCUT2D eigenvalue weighted by Crippen LogP contribution is -2.56. The lowest BCUT2D eigenvalue weighted by molar-refractivity contribution is -0.127. The van der Waals surface area contributed by atoms with Crippen molar-refractivity contribution in [2.75, 3.05) is 13.1 Å². The number of nitrogens with one attached hydrogen (secondary N) is 1. The van der Waals surface area contributed by atoms with Crippen molar-refractivity contribution in [1.82, 2.24) is 15.2 Å². The van der Waals surface area contributed by atoms with Gasteiger partial charge in [0.2, 0.25) is 5.91 Å². The van der Waals surface area contributed by atoms with Gasteiger partial charge in [0.15, 0.2) is 0 Å². The first-order chi connectivity index (χ1) is 10.2. The molecule has 1 N–H and O–H groups in total. The average molecular weight is 283 g/mol. The normalized spacial score (nSPS) is 18.6. The summed E-state index contributed by atoms with van der Waals surface area (Å²) < 4.78 is 0. The zero-order chi connectivity index (χ0) is 14.8. The fraction of sp³-hybridized carbons (Fsp3) is 0.312. The summed E-state index contributed by atoms with van der Waals surface area (Å²) in [4.78, 5) is 30.7. The van der Waals surface area contributed by atoms with E-state index in [1.807, 2.05) is 31.2 Å². The van der Waals surface area contributed by atoms with Crippen LogP contribution in [-0.4, -0.2) is 40.8 Å². The van der Waals surface area contributed by atoms with Gasteiger partial charge in [0.25, 0.3) is 5.91 Å². The number of pyridine rings is 1. The Morgan fingerprint density at radius 2 is 2.24 bits per heavy atom. The van der Waals surface area contributed by atoms with E-state index in [9.17, 15) is 9.59 Å². The third-order valence-corrected chi connectivity index (χ3v) is 3.85. The number of hydrogen-bond donors (Lipinski definition) is 1. The van der Waals surface area contributed by atoms with Gasteiger partial charge >= 0.3 is 0 Å². The van der Waals surface area contributed by atoms with Gasteiger partial charge in [-0.3, -0.25) is 14.6 Å². The molecule has 1 aliphatic rings. The van der Waals surface area contributed by atoms with Crippen LogP contribution in [0, 0.1) is 0 Å². The van der Waals surface area contributed by atoms with Gasteiger partial charge in [0.1, 0.15) is 6.04 Å². The third-order valence-electron chi connectivity index (χ3n) is 3.85. The highest BCUT2D eigenvalue weighted by atomic mass is 16.2. The van der Waals surface area contributed by atoms with E-state index < -0.39 is 6.04 Å². The average Bonchev–Trinajstić information content (AvgIpc) is 2.53. The van der Waals surface area contributed by atoms with Crippen molar-refractivity contribution in [2.24, 2.45) is 0 Å². The summed E-state index contributed by atoms with van der Waals surface area (Å²) in [6.07, 6.45) is 2.32. The maximum Gasteiger partial charge on any atom is 0.255 e. The second kappa shape index (κ2) is 5.52. The minimum Gasteiger partial charge on any atom is -0.353 e. The van der Waals surface area contributed by atoms with Crippen LogP contribution in [0.2, 0.25) is 0 Å². The number of carbonyl (C=O) groups is 2. The Morgan fingerprint density at radius 1 is 1.38 bits per heavy atom. The van der Waals surface area contributed by atoms with Crippen LogP contribution in [0.25, 0.3) is 10.9 Å². The molecule has 1 saturated heterocycles. The molecular formula is C16H17N3O2. The molecule has 2 heterocycles. The fourth-order valence-electron chi connectivity index (χ4n) is 2.81. The molecule has 5 heteroatoms. The predicted molar refractivity (Wildman–Crippen MR) is 79.9 cm³/mol. The Hall–Kier alpha value is -2.43. The largest absolute Gasteiger partial charge is 0.353 e. The van der Waals surface area contributed by atoms with Crippen molar-refractivity contribution in [3.8, 4) is 0 Å². The zero-order valence-corrected chi connectivity index (χ0v) is 11.9. The first-order valence-corrected chi connectivity index (χ1v) is 7.15. The zero-order valence-electron chi connectivity index (χ0n) is 11.9. The quantitative estimate of drug-likeness (QED) is 0.910. The lowest BCUT2D eigenvalue weighted by atomic mass is 10.0. The van der Waals surface area contributed by atoms with Gasteiger partial charge in [-0.25, -0.2) is 0 Å². The molecule has 1 aromatic heterocycles. The molecule has 21 heavy (non-hydrogen) atoms. The van der Waals surface area contributed by atoms with Gasteiger partial charge in [-0.1, -0.05) is 19.1 Å². The fourth-order valence-corrected chi connectivity index (χ4v) is 2.81. The topological polar surface area (TPSA) is 62.3 Å². The van der Waals surface area contributed by atoms with E-state index in [1.54, 1.807) is 17.2 Å². The molecule has 2 amide bonds. The Balaban J connectivity index is 2.02. The van der Waals surface area contributed by atoms with E-state index in [2.05, 4.69) is 10.3 Å². The monoisotopic (exact) mass is 283 g/mol. The maximum absolute atomic E-state index is 12.8. The molecular weight excluding hydrogens is 266 g/mol. The summed E-state index contributed by atoms with van der Waals surface area (Å²) in [5.41, 5.74) is 1.40. The van der Waals surface area contributed by atoms with E-state index in [0.717, 1.165) is 10.9 Å². The van der Waals surface area contributed by atoms with Crippen molar-refractivity contribution in [1.29, 1.82) is 0 Å². The number of fused-ring (bicyclic) bond motifs is 1. The molecule has 1 aromatic carbocycles. The van der Waals surface area contributed by atoms with Crippen LogP contribution < -0.4 is 5.32 Å². The van der Waals surface area contributed by atoms with E-state index in [-0.39, 0.29) is 11.8 Å². The number of hydrogen-bond acceptors (Lipinski definition) is 3. The Morgan fingerprint density at radius 3 is 3.05 bits per heavy atom. The molecule has 108 valence electrons. The van der Waals surface area contributed by atoms with Crippen LogP contribution >= 0.6 is 0 Å². The highest BCUT2D eigenvalue weighted by molar-refractivity contribution is 6.07.